The van der Waals surface area contributed by atoms with Crippen molar-refractivity contribution < 1.29 is 8.42 Å². The third kappa shape index (κ3) is 4.18. The normalized spacial score (nSPS) is 15.6. The molecule has 0 aromatic heterocycles. The summed E-state index contributed by atoms with van der Waals surface area (Å²) in [5.41, 5.74) is 7.79. The van der Waals surface area contributed by atoms with Crippen LogP contribution in [0.5, 0.6) is 0 Å². The molecule has 1 aliphatic heterocycles. The number of anilines is 3. The van der Waals surface area contributed by atoms with Crippen LogP contribution in [0.15, 0.2) is 47.4 Å². The molecule has 2 aromatic carbocycles. The number of nitrogens with zero attached hydrogens (tertiary/aromatic N) is 1. The topological polar surface area (TPSA) is 87.5 Å². The van der Waals surface area contributed by atoms with Gasteiger partial charge < -0.3 is 16.0 Å². The van der Waals surface area contributed by atoms with Crippen molar-refractivity contribution in [2.45, 2.75) is 11.3 Å². The van der Waals surface area contributed by atoms with Crippen LogP contribution in [0.1, 0.15) is 6.42 Å². The molecule has 0 unspecified atom stereocenters. The first-order chi connectivity index (χ1) is 12.0. The highest BCUT2D eigenvalue weighted by atomic mass is 35.5. The second kappa shape index (κ2) is 7.51. The summed E-state index contributed by atoms with van der Waals surface area (Å²) in [5.74, 6) is 0. The van der Waals surface area contributed by atoms with E-state index in [1.807, 2.05) is 0 Å². The molecule has 1 fully saturated rings. The zero-order valence-electron chi connectivity index (χ0n) is 13.7. The zero-order valence-corrected chi connectivity index (χ0v) is 15.3. The first-order valence-corrected chi connectivity index (χ1v) is 9.96. The average Bonchev–Trinajstić information content (AvgIpc) is 2.86. The van der Waals surface area contributed by atoms with Crippen LogP contribution in [0.25, 0.3) is 0 Å². The Hall–Kier alpha value is -1.96. The van der Waals surface area contributed by atoms with Crippen LogP contribution in [0.4, 0.5) is 17.1 Å². The van der Waals surface area contributed by atoms with Crippen molar-refractivity contribution in [2.24, 2.45) is 0 Å². The molecule has 0 spiro atoms. The smallest absolute Gasteiger partial charge is 0.262 e. The van der Waals surface area contributed by atoms with Gasteiger partial charge in [0.1, 0.15) is 0 Å². The lowest BCUT2D eigenvalue weighted by molar-refractivity contribution is 0.601. The first-order valence-electron chi connectivity index (χ1n) is 8.10. The number of nitrogen functional groups attached to an aromatic ring is 1. The van der Waals surface area contributed by atoms with E-state index in [2.05, 4.69) is 14.9 Å². The number of benzene rings is 2. The van der Waals surface area contributed by atoms with E-state index in [0.29, 0.717) is 16.4 Å². The largest absolute Gasteiger partial charge is 0.397 e. The highest BCUT2D eigenvalue weighted by Crippen LogP contribution is 2.29. The molecule has 0 aliphatic carbocycles. The fourth-order valence-corrected chi connectivity index (χ4v) is 4.18. The molecule has 6 nitrogen and oxygen atoms in total. The van der Waals surface area contributed by atoms with Crippen molar-refractivity contribution in [2.75, 3.05) is 41.5 Å². The number of sulfonamides is 1. The van der Waals surface area contributed by atoms with Crippen LogP contribution < -0.4 is 20.7 Å². The van der Waals surface area contributed by atoms with Gasteiger partial charge in [0.15, 0.2) is 0 Å². The molecule has 8 heteroatoms. The minimum absolute atomic E-state index is 0.113. The van der Waals surface area contributed by atoms with E-state index in [4.69, 9.17) is 17.3 Å². The third-order valence-corrected chi connectivity index (χ3v) is 5.80. The molecule has 1 aliphatic rings. The lowest BCUT2D eigenvalue weighted by Crippen LogP contribution is -2.28. The third-order valence-electron chi connectivity index (χ3n) is 4.11. The average molecular weight is 381 g/mol. The molecule has 2 aromatic rings. The number of para-hydroxylation sites is 1. The maximum absolute atomic E-state index is 12.6. The van der Waals surface area contributed by atoms with Crippen molar-refractivity contribution >= 4 is 38.7 Å². The Kier molecular flexibility index (Phi) is 5.36. The van der Waals surface area contributed by atoms with Gasteiger partial charge in [0.2, 0.25) is 0 Å². The van der Waals surface area contributed by atoms with Gasteiger partial charge in [-0.3, -0.25) is 4.72 Å². The van der Waals surface area contributed by atoms with E-state index < -0.39 is 10.0 Å². The van der Waals surface area contributed by atoms with Gasteiger partial charge >= 0.3 is 0 Å². The summed E-state index contributed by atoms with van der Waals surface area (Å²) in [6, 6.07) is 11.5. The predicted molar refractivity (Wildman–Crippen MR) is 103 cm³/mol. The fraction of sp³-hybridized carbons (Fsp3) is 0.294. The summed E-state index contributed by atoms with van der Waals surface area (Å²) in [7, 11) is -3.76. The summed E-state index contributed by atoms with van der Waals surface area (Å²) in [4.78, 5) is 2.29. The van der Waals surface area contributed by atoms with Crippen LogP contribution in [0, 0.1) is 0 Å². The zero-order chi connectivity index (χ0) is 17.9. The number of nitrogens with two attached hydrogens (primary N) is 1. The second-order valence-corrected chi connectivity index (χ2v) is 7.99. The molecular formula is C17H21ClN4O2S. The molecule has 1 saturated heterocycles. The van der Waals surface area contributed by atoms with Crippen molar-refractivity contribution in [3.63, 3.8) is 0 Å². The molecule has 134 valence electrons. The predicted octanol–water partition coefficient (Wildman–Crippen LogP) is 2.52. The standard InChI is InChI=1S/C17H21ClN4O2S/c18-14-4-1-2-5-16(14)21-25(23,24)13-6-7-17(15(19)12-13)22-10-3-8-20-9-11-22/h1-2,4-7,12,20-21H,3,8-11,19H2. The molecule has 3 rings (SSSR count). The minimum atomic E-state index is -3.76. The van der Waals surface area contributed by atoms with E-state index >= 15 is 0 Å². The maximum Gasteiger partial charge on any atom is 0.262 e. The van der Waals surface area contributed by atoms with E-state index in [0.717, 1.165) is 38.3 Å². The summed E-state index contributed by atoms with van der Waals surface area (Å²) in [6.45, 7) is 3.59. The first kappa shape index (κ1) is 17.8. The van der Waals surface area contributed by atoms with Crippen LogP contribution in [-0.2, 0) is 10.0 Å². The summed E-state index contributed by atoms with van der Waals surface area (Å²) < 4.78 is 27.7. The van der Waals surface area contributed by atoms with Gasteiger partial charge in [-0.2, -0.15) is 0 Å². The van der Waals surface area contributed by atoms with Crippen molar-refractivity contribution in [3.8, 4) is 0 Å². The van der Waals surface area contributed by atoms with E-state index in [1.54, 1.807) is 36.4 Å². The summed E-state index contributed by atoms with van der Waals surface area (Å²) in [6.07, 6.45) is 1.02. The van der Waals surface area contributed by atoms with Gasteiger partial charge in [0, 0.05) is 19.6 Å². The summed E-state index contributed by atoms with van der Waals surface area (Å²) in [5, 5.41) is 3.67. The Morgan fingerprint density at radius 3 is 2.68 bits per heavy atom. The molecule has 25 heavy (non-hydrogen) atoms. The molecule has 0 bridgehead atoms. The SMILES string of the molecule is Nc1cc(S(=O)(=O)Nc2ccccc2Cl)ccc1N1CCCNCC1. The Balaban J connectivity index is 1.85. The van der Waals surface area contributed by atoms with Gasteiger partial charge in [0.05, 0.1) is 27.0 Å². The van der Waals surface area contributed by atoms with Crippen molar-refractivity contribution in [1.29, 1.82) is 0 Å². The van der Waals surface area contributed by atoms with Crippen LogP contribution in [-0.4, -0.2) is 34.6 Å². The molecular weight excluding hydrogens is 360 g/mol. The van der Waals surface area contributed by atoms with Crippen LogP contribution in [0.2, 0.25) is 5.02 Å². The Morgan fingerprint density at radius 1 is 1.12 bits per heavy atom. The van der Waals surface area contributed by atoms with E-state index in [9.17, 15) is 8.42 Å². The van der Waals surface area contributed by atoms with E-state index in [1.165, 1.54) is 6.07 Å². The molecule has 0 radical (unpaired) electrons. The van der Waals surface area contributed by atoms with Crippen LogP contribution >= 0.6 is 11.6 Å². The number of nitrogens with one attached hydrogen (secondary N) is 2. The highest BCUT2D eigenvalue weighted by molar-refractivity contribution is 7.92. The Labute approximate surface area is 153 Å². The van der Waals surface area contributed by atoms with E-state index in [-0.39, 0.29) is 4.90 Å². The van der Waals surface area contributed by atoms with Crippen molar-refractivity contribution in [3.05, 3.63) is 47.5 Å². The van der Waals surface area contributed by atoms with Gasteiger partial charge in [-0.25, -0.2) is 8.42 Å². The molecule has 0 atom stereocenters. The highest BCUT2D eigenvalue weighted by Gasteiger charge is 2.19. The molecule has 0 saturated carbocycles. The fourth-order valence-electron chi connectivity index (χ4n) is 2.82. The van der Waals surface area contributed by atoms with Gasteiger partial charge in [-0.1, -0.05) is 23.7 Å². The molecule has 4 N–H and O–H groups in total. The number of halogens is 1. The molecule has 1 heterocycles. The van der Waals surface area contributed by atoms with Gasteiger partial charge in [0.25, 0.3) is 10.0 Å². The second-order valence-electron chi connectivity index (χ2n) is 5.90. The Bertz CT molecular complexity index is 849. The number of rotatable bonds is 4. The number of hydrogen-bond acceptors (Lipinski definition) is 5. The van der Waals surface area contributed by atoms with Crippen LogP contribution in [0.3, 0.4) is 0 Å². The Morgan fingerprint density at radius 2 is 1.92 bits per heavy atom. The number of hydrogen-bond donors (Lipinski definition) is 3. The van der Waals surface area contributed by atoms with Gasteiger partial charge in [-0.05, 0) is 43.3 Å². The lowest BCUT2D eigenvalue weighted by Gasteiger charge is -2.24. The quantitative estimate of drug-likeness (QED) is 0.709. The summed E-state index contributed by atoms with van der Waals surface area (Å²) >= 11 is 6.03. The maximum atomic E-state index is 12.6. The lowest BCUT2D eigenvalue weighted by atomic mass is 10.2. The minimum Gasteiger partial charge on any atom is -0.397 e. The van der Waals surface area contributed by atoms with Gasteiger partial charge in [-0.15, -0.1) is 0 Å². The molecule has 0 amide bonds. The van der Waals surface area contributed by atoms with Crippen molar-refractivity contribution in [1.82, 2.24) is 5.32 Å². The monoisotopic (exact) mass is 380 g/mol.